The summed E-state index contributed by atoms with van der Waals surface area (Å²) < 4.78 is 29.5. The summed E-state index contributed by atoms with van der Waals surface area (Å²) in [6.45, 7) is 5.29. The number of amides is 1. The lowest BCUT2D eigenvalue weighted by molar-refractivity contribution is -0.0503. The normalized spacial score (nSPS) is 23.8. The molecule has 8 heteroatoms. The van der Waals surface area contributed by atoms with Gasteiger partial charge < -0.3 is 15.0 Å². The number of nitrogens with zero attached hydrogens (tertiary/aromatic N) is 2. The van der Waals surface area contributed by atoms with Gasteiger partial charge in [-0.25, -0.2) is 0 Å². The third-order valence-corrected chi connectivity index (χ3v) is 5.06. The third-order valence-electron chi connectivity index (χ3n) is 5.06. The second-order valence-electron chi connectivity index (χ2n) is 7.18. The van der Waals surface area contributed by atoms with E-state index in [-0.39, 0.29) is 29.6 Å². The number of nitrogens with one attached hydrogen (secondary N) is 1. The molecule has 1 N–H and O–H groups in total. The number of carbonyl (C=O) groups excluding carboxylic acids is 1. The van der Waals surface area contributed by atoms with Gasteiger partial charge >= 0.3 is 6.61 Å². The summed E-state index contributed by atoms with van der Waals surface area (Å²) >= 11 is 0. The molecule has 2 saturated heterocycles. The molecule has 26 heavy (non-hydrogen) atoms. The quantitative estimate of drug-likeness (QED) is 0.840. The molecule has 2 aliphatic heterocycles. The van der Waals surface area contributed by atoms with Crippen molar-refractivity contribution in [2.75, 3.05) is 45.8 Å². The minimum absolute atomic E-state index is 0. The Bertz CT molecular complexity index is 604. The number of alkyl halides is 2. The molecule has 0 aromatic heterocycles. The fourth-order valence-corrected chi connectivity index (χ4v) is 3.67. The molecule has 0 bridgehead atoms. The lowest BCUT2D eigenvalue weighted by Gasteiger charge is -2.38. The van der Waals surface area contributed by atoms with E-state index in [0.717, 1.165) is 32.7 Å². The predicted octanol–water partition coefficient (Wildman–Crippen LogP) is 2.47. The topological polar surface area (TPSA) is 44.8 Å². The summed E-state index contributed by atoms with van der Waals surface area (Å²) in [4.78, 5) is 16.8. The van der Waals surface area contributed by atoms with Crippen LogP contribution in [0.25, 0.3) is 0 Å². The number of rotatable bonds is 5. The Balaban J connectivity index is 0.00000243. The van der Waals surface area contributed by atoms with Crippen molar-refractivity contribution < 1.29 is 18.3 Å². The van der Waals surface area contributed by atoms with Gasteiger partial charge in [0.2, 0.25) is 0 Å². The van der Waals surface area contributed by atoms with Crippen LogP contribution in [0.2, 0.25) is 0 Å². The first-order valence-corrected chi connectivity index (χ1v) is 8.73. The molecule has 1 unspecified atom stereocenters. The zero-order chi connectivity index (χ0) is 17.9. The lowest BCUT2D eigenvalue weighted by Crippen LogP contribution is -2.51. The maximum absolute atomic E-state index is 12.7. The molecule has 146 valence electrons. The first-order chi connectivity index (χ1) is 12.0. The highest BCUT2D eigenvalue weighted by Gasteiger charge is 2.32. The molecule has 2 heterocycles. The summed E-state index contributed by atoms with van der Waals surface area (Å²) in [7, 11) is 0. The van der Waals surface area contributed by atoms with E-state index in [2.05, 4.69) is 21.9 Å². The highest BCUT2D eigenvalue weighted by Crippen LogP contribution is 2.27. The second kappa shape index (κ2) is 8.97. The molecule has 0 radical (unpaired) electrons. The molecular weight excluding hydrogens is 364 g/mol. The number of hydrogen-bond donors (Lipinski definition) is 1. The van der Waals surface area contributed by atoms with Crippen molar-refractivity contribution in [2.45, 2.75) is 20.0 Å². The summed E-state index contributed by atoms with van der Waals surface area (Å²) in [6.07, 6.45) is 1.17. The van der Waals surface area contributed by atoms with Gasteiger partial charge in [0.15, 0.2) is 0 Å². The zero-order valence-electron chi connectivity index (χ0n) is 14.9. The Hall–Kier alpha value is -1.44. The van der Waals surface area contributed by atoms with Crippen molar-refractivity contribution in [3.8, 4) is 5.75 Å². The van der Waals surface area contributed by atoms with Gasteiger partial charge in [-0.15, -0.1) is 12.4 Å². The van der Waals surface area contributed by atoms with E-state index in [9.17, 15) is 13.6 Å². The number of halogens is 3. The van der Waals surface area contributed by atoms with Gasteiger partial charge in [-0.3, -0.25) is 9.69 Å². The molecule has 0 aliphatic carbocycles. The summed E-state index contributed by atoms with van der Waals surface area (Å²) in [5.74, 6) is -0.306. The van der Waals surface area contributed by atoms with Crippen LogP contribution in [0.15, 0.2) is 24.3 Å². The van der Waals surface area contributed by atoms with Crippen molar-refractivity contribution in [3.05, 3.63) is 29.8 Å². The molecule has 1 amide bonds. The first-order valence-electron chi connectivity index (χ1n) is 8.73. The van der Waals surface area contributed by atoms with E-state index in [1.54, 1.807) is 17.0 Å². The first kappa shape index (κ1) is 20.9. The average molecular weight is 390 g/mol. The molecule has 1 atom stereocenters. The monoisotopic (exact) mass is 389 g/mol. The van der Waals surface area contributed by atoms with E-state index >= 15 is 0 Å². The van der Waals surface area contributed by atoms with Gasteiger partial charge in [0.1, 0.15) is 5.75 Å². The fraction of sp³-hybridized carbons (Fsp3) is 0.611. The highest BCUT2D eigenvalue weighted by atomic mass is 35.5. The molecule has 1 aromatic carbocycles. The Kier molecular flexibility index (Phi) is 7.20. The standard InChI is InChI=1S/C18H25F2N3O2.ClH/c1-18(6-7-21-12-18)13-22-8-10-23(11-9-22)16(24)14-4-2-3-5-15(14)25-17(19)20;/h2-5,17,21H,6-13H2,1H3;1H. The van der Waals surface area contributed by atoms with Crippen molar-refractivity contribution >= 4 is 18.3 Å². The summed E-state index contributed by atoms with van der Waals surface area (Å²) in [6, 6.07) is 6.19. The van der Waals surface area contributed by atoms with Crippen LogP contribution < -0.4 is 10.1 Å². The SMILES string of the molecule is CC1(CN2CCN(C(=O)c3ccccc3OC(F)F)CC2)CCNC1.Cl. The van der Waals surface area contributed by atoms with Gasteiger partial charge in [0.05, 0.1) is 5.56 Å². The lowest BCUT2D eigenvalue weighted by atomic mass is 9.89. The predicted molar refractivity (Wildman–Crippen MR) is 98.3 cm³/mol. The van der Waals surface area contributed by atoms with Crippen molar-refractivity contribution in [1.29, 1.82) is 0 Å². The van der Waals surface area contributed by atoms with E-state index in [4.69, 9.17) is 0 Å². The van der Waals surface area contributed by atoms with Crippen LogP contribution in [0.3, 0.4) is 0 Å². The Morgan fingerprint density at radius 1 is 1.27 bits per heavy atom. The van der Waals surface area contributed by atoms with Gasteiger partial charge in [-0.1, -0.05) is 19.1 Å². The van der Waals surface area contributed by atoms with E-state index in [1.807, 2.05) is 0 Å². The molecule has 0 spiro atoms. The summed E-state index contributed by atoms with van der Waals surface area (Å²) in [5, 5.41) is 3.41. The van der Waals surface area contributed by atoms with Crippen LogP contribution in [0.1, 0.15) is 23.7 Å². The number of carbonyl (C=O) groups is 1. The van der Waals surface area contributed by atoms with Crippen LogP contribution in [0, 0.1) is 5.41 Å². The smallest absolute Gasteiger partial charge is 0.387 e. The second-order valence-corrected chi connectivity index (χ2v) is 7.18. The van der Waals surface area contributed by atoms with Crippen LogP contribution in [-0.4, -0.2) is 68.1 Å². The van der Waals surface area contributed by atoms with Gasteiger partial charge in [0, 0.05) is 39.3 Å². The third kappa shape index (κ3) is 5.05. The summed E-state index contributed by atoms with van der Waals surface area (Å²) in [5.41, 5.74) is 0.493. The van der Waals surface area contributed by atoms with Crippen molar-refractivity contribution in [2.24, 2.45) is 5.41 Å². The number of hydrogen-bond acceptors (Lipinski definition) is 4. The van der Waals surface area contributed by atoms with Gasteiger partial charge in [0.25, 0.3) is 5.91 Å². The average Bonchev–Trinajstić information content (AvgIpc) is 3.01. The number of piperazine rings is 1. The minimum atomic E-state index is -2.94. The van der Waals surface area contributed by atoms with E-state index < -0.39 is 6.61 Å². The number of benzene rings is 1. The van der Waals surface area contributed by atoms with Gasteiger partial charge in [-0.05, 0) is 30.5 Å². The van der Waals surface area contributed by atoms with E-state index in [1.165, 1.54) is 18.6 Å². The molecule has 2 fully saturated rings. The molecule has 3 rings (SSSR count). The minimum Gasteiger partial charge on any atom is -0.434 e. The Labute approximate surface area is 159 Å². The maximum Gasteiger partial charge on any atom is 0.387 e. The highest BCUT2D eigenvalue weighted by molar-refractivity contribution is 5.97. The molecular formula is C18H26ClF2N3O2. The van der Waals surface area contributed by atoms with E-state index in [0.29, 0.717) is 18.5 Å². The fourth-order valence-electron chi connectivity index (χ4n) is 3.67. The van der Waals surface area contributed by atoms with Crippen molar-refractivity contribution in [3.63, 3.8) is 0 Å². The van der Waals surface area contributed by atoms with Crippen LogP contribution >= 0.6 is 12.4 Å². The largest absolute Gasteiger partial charge is 0.434 e. The Morgan fingerprint density at radius 3 is 2.58 bits per heavy atom. The van der Waals surface area contributed by atoms with Crippen molar-refractivity contribution in [1.82, 2.24) is 15.1 Å². The molecule has 0 saturated carbocycles. The van der Waals surface area contributed by atoms with Crippen LogP contribution in [0.4, 0.5) is 8.78 Å². The number of para-hydroxylation sites is 1. The van der Waals surface area contributed by atoms with Crippen LogP contribution in [0.5, 0.6) is 5.75 Å². The Morgan fingerprint density at radius 2 is 1.96 bits per heavy atom. The maximum atomic E-state index is 12.7. The number of ether oxygens (including phenoxy) is 1. The van der Waals surface area contributed by atoms with Gasteiger partial charge in [-0.2, -0.15) is 8.78 Å². The molecule has 5 nitrogen and oxygen atoms in total. The van der Waals surface area contributed by atoms with Crippen LogP contribution in [-0.2, 0) is 0 Å². The molecule has 1 aromatic rings. The zero-order valence-corrected chi connectivity index (χ0v) is 15.7. The molecule has 2 aliphatic rings.